The van der Waals surface area contributed by atoms with Gasteiger partial charge in [-0.15, -0.1) is 0 Å². The standard InChI is InChI=1S/C16H21N3/c1-12-15(13(2)19(3)18-12)17-11-16(9-10-16)14-7-5-4-6-8-14/h4-8,17H,9-11H2,1-3H3. The Hall–Kier alpha value is -1.77. The summed E-state index contributed by atoms with van der Waals surface area (Å²) in [6.07, 6.45) is 2.56. The second-order valence-electron chi connectivity index (χ2n) is 5.67. The SMILES string of the molecule is Cc1nn(C)c(C)c1NCC1(c2ccccc2)CC1. The van der Waals surface area contributed by atoms with Crippen LogP contribution in [0.25, 0.3) is 0 Å². The fourth-order valence-corrected chi connectivity index (χ4v) is 2.80. The third-order valence-corrected chi connectivity index (χ3v) is 4.35. The van der Waals surface area contributed by atoms with Crippen LogP contribution in [0.3, 0.4) is 0 Å². The first-order valence-electron chi connectivity index (χ1n) is 6.92. The number of benzene rings is 1. The number of nitrogens with one attached hydrogen (secondary N) is 1. The summed E-state index contributed by atoms with van der Waals surface area (Å²) in [6, 6.07) is 10.9. The van der Waals surface area contributed by atoms with Crippen molar-refractivity contribution < 1.29 is 0 Å². The summed E-state index contributed by atoms with van der Waals surface area (Å²) in [5, 5.41) is 8.08. The largest absolute Gasteiger partial charge is 0.381 e. The fraction of sp³-hybridized carbons (Fsp3) is 0.438. The predicted molar refractivity (Wildman–Crippen MR) is 78.5 cm³/mol. The zero-order chi connectivity index (χ0) is 13.5. The minimum absolute atomic E-state index is 0.343. The zero-order valence-electron chi connectivity index (χ0n) is 11.9. The lowest BCUT2D eigenvalue weighted by Crippen LogP contribution is -2.20. The van der Waals surface area contributed by atoms with E-state index in [-0.39, 0.29) is 0 Å². The van der Waals surface area contributed by atoms with E-state index in [4.69, 9.17) is 0 Å². The Bertz CT molecular complexity index is 580. The highest BCUT2D eigenvalue weighted by Gasteiger charge is 2.43. The molecule has 1 aliphatic rings. The molecule has 1 saturated carbocycles. The van der Waals surface area contributed by atoms with Crippen LogP contribution in [0.15, 0.2) is 30.3 Å². The molecule has 0 bridgehead atoms. The molecule has 2 aromatic rings. The molecular weight excluding hydrogens is 234 g/mol. The molecule has 1 N–H and O–H groups in total. The first-order valence-corrected chi connectivity index (χ1v) is 6.92. The highest BCUT2D eigenvalue weighted by Crippen LogP contribution is 2.48. The van der Waals surface area contributed by atoms with Crippen LogP contribution >= 0.6 is 0 Å². The van der Waals surface area contributed by atoms with Gasteiger partial charge < -0.3 is 5.32 Å². The second kappa shape index (κ2) is 4.41. The summed E-state index contributed by atoms with van der Waals surface area (Å²) >= 11 is 0. The molecule has 1 fully saturated rings. The molecule has 1 aromatic heterocycles. The summed E-state index contributed by atoms with van der Waals surface area (Å²) in [5.74, 6) is 0. The fourth-order valence-electron chi connectivity index (χ4n) is 2.80. The zero-order valence-corrected chi connectivity index (χ0v) is 11.9. The monoisotopic (exact) mass is 255 g/mol. The van der Waals surface area contributed by atoms with Gasteiger partial charge in [0.1, 0.15) is 0 Å². The summed E-state index contributed by atoms with van der Waals surface area (Å²) in [5.41, 5.74) is 5.30. The van der Waals surface area contributed by atoms with Gasteiger partial charge in [-0.1, -0.05) is 30.3 Å². The van der Waals surface area contributed by atoms with Crippen LogP contribution in [0.4, 0.5) is 5.69 Å². The van der Waals surface area contributed by atoms with E-state index < -0.39 is 0 Å². The number of hydrogen-bond donors (Lipinski definition) is 1. The molecular formula is C16H21N3. The van der Waals surface area contributed by atoms with Crippen LogP contribution in [0.1, 0.15) is 29.8 Å². The summed E-state index contributed by atoms with van der Waals surface area (Å²) in [4.78, 5) is 0. The smallest absolute Gasteiger partial charge is 0.0827 e. The van der Waals surface area contributed by atoms with E-state index in [1.54, 1.807) is 0 Å². The van der Waals surface area contributed by atoms with Crippen molar-refractivity contribution in [2.24, 2.45) is 7.05 Å². The van der Waals surface area contributed by atoms with Crippen molar-refractivity contribution in [1.29, 1.82) is 0 Å². The Kier molecular flexibility index (Phi) is 2.85. The van der Waals surface area contributed by atoms with Gasteiger partial charge in [-0.05, 0) is 32.3 Å². The quantitative estimate of drug-likeness (QED) is 0.909. The van der Waals surface area contributed by atoms with Crippen molar-refractivity contribution in [3.63, 3.8) is 0 Å². The van der Waals surface area contributed by atoms with Gasteiger partial charge in [0.25, 0.3) is 0 Å². The van der Waals surface area contributed by atoms with Crippen molar-refractivity contribution in [1.82, 2.24) is 9.78 Å². The molecule has 3 rings (SSSR count). The average Bonchev–Trinajstić information content (AvgIpc) is 3.16. The second-order valence-corrected chi connectivity index (χ2v) is 5.67. The van der Waals surface area contributed by atoms with Crippen LogP contribution in [0, 0.1) is 13.8 Å². The van der Waals surface area contributed by atoms with Gasteiger partial charge >= 0.3 is 0 Å². The third kappa shape index (κ3) is 2.14. The first-order chi connectivity index (χ1) is 9.12. The van der Waals surface area contributed by atoms with Gasteiger partial charge in [-0.25, -0.2) is 0 Å². The Morgan fingerprint density at radius 3 is 2.42 bits per heavy atom. The van der Waals surface area contributed by atoms with Crippen LogP contribution < -0.4 is 5.32 Å². The molecule has 0 radical (unpaired) electrons. The Morgan fingerprint density at radius 1 is 1.21 bits per heavy atom. The summed E-state index contributed by atoms with van der Waals surface area (Å²) < 4.78 is 1.94. The van der Waals surface area contributed by atoms with Crippen molar-refractivity contribution in [2.75, 3.05) is 11.9 Å². The Morgan fingerprint density at radius 2 is 1.89 bits per heavy atom. The Labute approximate surface area is 114 Å². The van der Waals surface area contributed by atoms with Crippen molar-refractivity contribution in [3.05, 3.63) is 47.3 Å². The van der Waals surface area contributed by atoms with Gasteiger partial charge in [-0.2, -0.15) is 5.10 Å². The van der Waals surface area contributed by atoms with Gasteiger partial charge in [0, 0.05) is 19.0 Å². The lowest BCUT2D eigenvalue weighted by molar-refractivity contribution is 0.726. The van der Waals surface area contributed by atoms with E-state index in [0.717, 1.165) is 12.2 Å². The number of hydrogen-bond acceptors (Lipinski definition) is 2. The summed E-state index contributed by atoms with van der Waals surface area (Å²) in [7, 11) is 2.00. The number of nitrogens with zero attached hydrogens (tertiary/aromatic N) is 2. The van der Waals surface area contributed by atoms with Gasteiger partial charge in [0.15, 0.2) is 0 Å². The lowest BCUT2D eigenvalue weighted by Gasteiger charge is -2.17. The number of aromatic nitrogens is 2. The molecule has 1 heterocycles. The van der Waals surface area contributed by atoms with Gasteiger partial charge in [0.05, 0.1) is 17.1 Å². The maximum atomic E-state index is 4.46. The van der Waals surface area contributed by atoms with Gasteiger partial charge in [0.2, 0.25) is 0 Å². The summed E-state index contributed by atoms with van der Waals surface area (Å²) in [6.45, 7) is 5.19. The molecule has 0 spiro atoms. The number of aryl methyl sites for hydroxylation is 2. The van der Waals surface area contributed by atoms with Crippen LogP contribution in [-0.2, 0) is 12.5 Å². The van der Waals surface area contributed by atoms with Crippen LogP contribution in [0.5, 0.6) is 0 Å². The molecule has 1 aromatic carbocycles. The number of anilines is 1. The van der Waals surface area contributed by atoms with Crippen molar-refractivity contribution in [2.45, 2.75) is 32.1 Å². The predicted octanol–water partition coefficient (Wildman–Crippen LogP) is 3.18. The minimum atomic E-state index is 0.343. The maximum absolute atomic E-state index is 4.46. The maximum Gasteiger partial charge on any atom is 0.0827 e. The highest BCUT2D eigenvalue weighted by molar-refractivity contribution is 5.53. The van der Waals surface area contributed by atoms with E-state index in [2.05, 4.69) is 54.6 Å². The first kappa shape index (κ1) is 12.3. The van der Waals surface area contributed by atoms with Gasteiger partial charge in [-0.3, -0.25) is 4.68 Å². The molecule has 3 nitrogen and oxygen atoms in total. The Balaban J connectivity index is 1.76. The van der Waals surface area contributed by atoms with E-state index >= 15 is 0 Å². The highest BCUT2D eigenvalue weighted by atomic mass is 15.3. The van der Waals surface area contributed by atoms with E-state index in [1.807, 2.05) is 11.7 Å². The third-order valence-electron chi connectivity index (χ3n) is 4.35. The lowest BCUT2D eigenvalue weighted by atomic mass is 9.96. The molecule has 0 saturated heterocycles. The van der Waals surface area contributed by atoms with E-state index in [9.17, 15) is 0 Å². The average molecular weight is 255 g/mol. The molecule has 19 heavy (non-hydrogen) atoms. The van der Waals surface area contributed by atoms with Crippen LogP contribution in [0.2, 0.25) is 0 Å². The molecule has 0 amide bonds. The molecule has 3 heteroatoms. The van der Waals surface area contributed by atoms with Crippen molar-refractivity contribution in [3.8, 4) is 0 Å². The molecule has 0 atom stereocenters. The molecule has 1 aliphatic carbocycles. The van der Waals surface area contributed by atoms with E-state index in [1.165, 1.54) is 29.8 Å². The van der Waals surface area contributed by atoms with E-state index in [0.29, 0.717) is 5.41 Å². The minimum Gasteiger partial charge on any atom is -0.381 e. The van der Waals surface area contributed by atoms with Crippen LogP contribution in [-0.4, -0.2) is 16.3 Å². The topological polar surface area (TPSA) is 29.9 Å². The molecule has 100 valence electrons. The number of rotatable bonds is 4. The normalized spacial score (nSPS) is 16.4. The molecule has 0 aliphatic heterocycles. The molecule has 0 unspecified atom stereocenters. The van der Waals surface area contributed by atoms with Crippen molar-refractivity contribution >= 4 is 5.69 Å².